The predicted molar refractivity (Wildman–Crippen MR) is 101 cm³/mol. The highest BCUT2D eigenvalue weighted by molar-refractivity contribution is 6.30. The molecule has 2 aromatic carbocycles. The molecule has 0 spiro atoms. The zero-order chi connectivity index (χ0) is 20.7. The van der Waals surface area contributed by atoms with E-state index in [1.807, 2.05) is 13.0 Å². The third-order valence-corrected chi connectivity index (χ3v) is 4.00. The highest BCUT2D eigenvalue weighted by atomic mass is 35.5. The minimum atomic E-state index is -4.63. The second-order valence-corrected chi connectivity index (χ2v) is 6.17. The summed E-state index contributed by atoms with van der Waals surface area (Å²) in [5.41, 5.74) is -0.494. The summed E-state index contributed by atoms with van der Waals surface area (Å²) in [6.07, 6.45) is -4.17. The molecule has 0 aliphatic rings. The number of rotatable bonds is 7. The number of hydrogen-bond donors (Lipinski definition) is 2. The van der Waals surface area contributed by atoms with Gasteiger partial charge in [-0.25, -0.2) is 4.79 Å². The van der Waals surface area contributed by atoms with Gasteiger partial charge in [0.1, 0.15) is 0 Å². The van der Waals surface area contributed by atoms with Crippen molar-refractivity contribution in [3.63, 3.8) is 0 Å². The van der Waals surface area contributed by atoms with Crippen LogP contribution in [0.2, 0.25) is 5.02 Å². The Balaban J connectivity index is 1.95. The molecule has 2 rings (SSSR count). The van der Waals surface area contributed by atoms with Gasteiger partial charge in [0.2, 0.25) is 0 Å². The summed E-state index contributed by atoms with van der Waals surface area (Å²) in [7, 11) is 1.53. The number of hydrogen-bond acceptors (Lipinski definition) is 3. The molecular weight excluding hydrogens is 397 g/mol. The first kappa shape index (κ1) is 21.7. The van der Waals surface area contributed by atoms with Gasteiger partial charge in [0, 0.05) is 11.6 Å². The molecule has 152 valence electrons. The van der Waals surface area contributed by atoms with Gasteiger partial charge < -0.3 is 20.1 Å². The van der Waals surface area contributed by atoms with E-state index in [0.29, 0.717) is 24.5 Å². The van der Waals surface area contributed by atoms with Crippen molar-refractivity contribution < 1.29 is 27.4 Å². The Bertz CT molecular complexity index is 829. The van der Waals surface area contributed by atoms with Crippen molar-refractivity contribution in [2.75, 3.05) is 25.6 Å². The summed E-state index contributed by atoms with van der Waals surface area (Å²) < 4.78 is 49.9. The van der Waals surface area contributed by atoms with Crippen LogP contribution in [0.25, 0.3) is 0 Å². The lowest BCUT2D eigenvalue weighted by Crippen LogP contribution is -2.31. The van der Waals surface area contributed by atoms with Crippen LogP contribution in [-0.2, 0) is 12.6 Å². The Morgan fingerprint density at radius 2 is 1.89 bits per heavy atom. The second-order valence-electron chi connectivity index (χ2n) is 5.74. The number of carbonyl (C=O) groups is 1. The first-order valence-corrected chi connectivity index (χ1v) is 8.83. The van der Waals surface area contributed by atoms with Crippen LogP contribution in [0, 0.1) is 0 Å². The number of anilines is 1. The predicted octanol–water partition coefficient (Wildman–Crippen LogP) is 5.13. The van der Waals surface area contributed by atoms with Crippen LogP contribution in [0.1, 0.15) is 18.1 Å². The molecule has 0 bridgehead atoms. The van der Waals surface area contributed by atoms with Crippen molar-refractivity contribution in [3.8, 4) is 11.5 Å². The summed E-state index contributed by atoms with van der Waals surface area (Å²) in [4.78, 5) is 12.0. The van der Waals surface area contributed by atoms with E-state index in [2.05, 4.69) is 10.6 Å². The number of urea groups is 1. The van der Waals surface area contributed by atoms with Gasteiger partial charge >= 0.3 is 12.2 Å². The minimum absolute atomic E-state index is 0.0669. The first-order chi connectivity index (χ1) is 13.2. The zero-order valence-electron chi connectivity index (χ0n) is 15.3. The maximum absolute atomic E-state index is 13.1. The van der Waals surface area contributed by atoms with Crippen molar-refractivity contribution in [2.45, 2.75) is 19.5 Å². The molecule has 0 aromatic heterocycles. The van der Waals surface area contributed by atoms with E-state index in [0.717, 1.165) is 17.7 Å². The van der Waals surface area contributed by atoms with Crippen LogP contribution in [0.5, 0.6) is 11.5 Å². The summed E-state index contributed by atoms with van der Waals surface area (Å²) in [6, 6.07) is 7.79. The third-order valence-electron chi connectivity index (χ3n) is 3.76. The number of halogens is 4. The standard InChI is InChI=1S/C19H20ClF3N2O3/c1-3-28-16-7-4-12(10-17(16)27-2)8-9-24-18(26)25-15-6-5-13(20)11-14(15)19(21,22)23/h4-7,10-11H,3,8-9H2,1-2H3,(H2,24,25,26). The Kier molecular flexibility index (Phi) is 7.39. The molecule has 0 unspecified atom stereocenters. The monoisotopic (exact) mass is 416 g/mol. The number of carbonyl (C=O) groups excluding carboxylic acids is 1. The van der Waals surface area contributed by atoms with Gasteiger partial charge in [-0.15, -0.1) is 0 Å². The van der Waals surface area contributed by atoms with Gasteiger partial charge in [-0.2, -0.15) is 13.2 Å². The lowest BCUT2D eigenvalue weighted by atomic mass is 10.1. The van der Waals surface area contributed by atoms with Gasteiger partial charge in [0.25, 0.3) is 0 Å². The first-order valence-electron chi connectivity index (χ1n) is 8.46. The average Bonchev–Trinajstić information content (AvgIpc) is 2.63. The molecule has 9 heteroatoms. The number of benzene rings is 2. The molecule has 0 saturated carbocycles. The highest BCUT2D eigenvalue weighted by Crippen LogP contribution is 2.36. The van der Waals surface area contributed by atoms with Crippen LogP contribution in [0.15, 0.2) is 36.4 Å². The van der Waals surface area contributed by atoms with E-state index in [-0.39, 0.29) is 17.3 Å². The van der Waals surface area contributed by atoms with E-state index < -0.39 is 17.8 Å². The van der Waals surface area contributed by atoms with Crippen LogP contribution >= 0.6 is 11.6 Å². The largest absolute Gasteiger partial charge is 0.493 e. The summed E-state index contributed by atoms with van der Waals surface area (Å²) in [5.74, 6) is 1.18. The van der Waals surface area contributed by atoms with Crippen molar-refractivity contribution in [2.24, 2.45) is 0 Å². The average molecular weight is 417 g/mol. The van der Waals surface area contributed by atoms with Crippen molar-refractivity contribution in [1.82, 2.24) is 5.32 Å². The van der Waals surface area contributed by atoms with Crippen LogP contribution in [0.4, 0.5) is 23.7 Å². The molecule has 0 fully saturated rings. The minimum Gasteiger partial charge on any atom is -0.493 e. The molecule has 0 heterocycles. The lowest BCUT2D eigenvalue weighted by molar-refractivity contribution is -0.136. The second kappa shape index (κ2) is 9.54. The number of ether oxygens (including phenoxy) is 2. The summed E-state index contributed by atoms with van der Waals surface area (Å²) in [5, 5.41) is 4.67. The molecule has 2 aromatic rings. The molecule has 0 aliphatic carbocycles. The molecule has 2 amide bonds. The number of amides is 2. The Morgan fingerprint density at radius 1 is 1.14 bits per heavy atom. The molecule has 2 N–H and O–H groups in total. The number of methoxy groups -OCH3 is 1. The fraction of sp³-hybridized carbons (Fsp3) is 0.316. The summed E-state index contributed by atoms with van der Waals surface area (Å²) in [6.45, 7) is 2.58. The van der Waals surface area contributed by atoms with Gasteiger partial charge in [-0.3, -0.25) is 0 Å². The van der Waals surface area contributed by atoms with Crippen LogP contribution in [-0.4, -0.2) is 26.3 Å². The van der Waals surface area contributed by atoms with Gasteiger partial charge in [-0.05, 0) is 49.2 Å². The van der Waals surface area contributed by atoms with E-state index in [1.165, 1.54) is 13.2 Å². The van der Waals surface area contributed by atoms with Crippen LogP contribution in [0.3, 0.4) is 0 Å². The van der Waals surface area contributed by atoms with Gasteiger partial charge in [0.05, 0.1) is 25.0 Å². The number of nitrogens with one attached hydrogen (secondary N) is 2. The topological polar surface area (TPSA) is 59.6 Å². The Labute approximate surface area is 165 Å². The van der Waals surface area contributed by atoms with Crippen LogP contribution < -0.4 is 20.1 Å². The fourth-order valence-electron chi connectivity index (χ4n) is 2.49. The molecule has 5 nitrogen and oxygen atoms in total. The Morgan fingerprint density at radius 3 is 2.54 bits per heavy atom. The Hall–Kier alpha value is -2.61. The molecule has 0 aliphatic heterocycles. The molecule has 0 saturated heterocycles. The molecular formula is C19H20ClF3N2O3. The van der Waals surface area contributed by atoms with E-state index >= 15 is 0 Å². The molecule has 28 heavy (non-hydrogen) atoms. The fourth-order valence-corrected chi connectivity index (χ4v) is 2.66. The quantitative estimate of drug-likeness (QED) is 0.657. The summed E-state index contributed by atoms with van der Waals surface area (Å²) >= 11 is 5.62. The van der Waals surface area contributed by atoms with E-state index in [9.17, 15) is 18.0 Å². The van der Waals surface area contributed by atoms with Crippen molar-refractivity contribution in [1.29, 1.82) is 0 Å². The SMILES string of the molecule is CCOc1ccc(CCNC(=O)Nc2ccc(Cl)cc2C(F)(F)F)cc1OC. The molecule has 0 radical (unpaired) electrons. The lowest BCUT2D eigenvalue weighted by Gasteiger charge is -2.15. The van der Waals surface area contributed by atoms with Crippen molar-refractivity contribution in [3.05, 3.63) is 52.5 Å². The van der Waals surface area contributed by atoms with E-state index in [4.69, 9.17) is 21.1 Å². The maximum Gasteiger partial charge on any atom is 0.418 e. The third kappa shape index (κ3) is 5.95. The molecule has 0 atom stereocenters. The normalized spacial score (nSPS) is 11.1. The maximum atomic E-state index is 13.1. The highest BCUT2D eigenvalue weighted by Gasteiger charge is 2.34. The zero-order valence-corrected chi connectivity index (χ0v) is 16.1. The van der Waals surface area contributed by atoms with Crippen molar-refractivity contribution >= 4 is 23.3 Å². The smallest absolute Gasteiger partial charge is 0.418 e. The van der Waals surface area contributed by atoms with Gasteiger partial charge in [0.15, 0.2) is 11.5 Å². The number of alkyl halides is 3. The van der Waals surface area contributed by atoms with E-state index in [1.54, 1.807) is 12.1 Å². The van der Waals surface area contributed by atoms with Gasteiger partial charge in [-0.1, -0.05) is 17.7 Å².